The fraction of sp³-hybridized carbons (Fsp3) is 0.400. The molecular formula is C20H21F3O7. The van der Waals surface area contributed by atoms with Crippen molar-refractivity contribution in [3.8, 4) is 11.5 Å². The maximum Gasteiger partial charge on any atom is 0.423 e. The summed E-state index contributed by atoms with van der Waals surface area (Å²) < 4.78 is 50.1. The average Bonchev–Trinajstić information content (AvgIpc) is 2.64. The minimum atomic E-state index is -5.01. The number of carbonyl (C=O) groups is 2. The van der Waals surface area contributed by atoms with Crippen molar-refractivity contribution in [2.75, 3.05) is 7.11 Å². The molecule has 1 aliphatic rings. The van der Waals surface area contributed by atoms with E-state index in [2.05, 4.69) is 0 Å². The highest BCUT2D eigenvalue weighted by Crippen LogP contribution is 2.45. The van der Waals surface area contributed by atoms with Gasteiger partial charge in [-0.2, -0.15) is 13.2 Å². The van der Waals surface area contributed by atoms with Crippen LogP contribution in [-0.2, 0) is 15.7 Å². The Bertz CT molecular complexity index is 874. The van der Waals surface area contributed by atoms with Crippen LogP contribution in [0.2, 0.25) is 0 Å². The highest BCUT2D eigenvalue weighted by atomic mass is 19.4. The molecule has 0 unspecified atom stereocenters. The number of rotatable bonds is 1. The van der Waals surface area contributed by atoms with Crippen LogP contribution in [0.1, 0.15) is 41.3 Å². The number of alkyl halides is 3. The molecule has 3 N–H and O–H groups in total. The molecule has 0 aromatic heterocycles. The molecule has 30 heavy (non-hydrogen) atoms. The number of fused-ring (bicyclic) bond motifs is 1. The lowest BCUT2D eigenvalue weighted by Crippen LogP contribution is -2.32. The Labute approximate surface area is 170 Å². The first-order valence-corrected chi connectivity index (χ1v) is 8.92. The molecule has 1 aliphatic heterocycles. The SMILES string of the molecule is COc1cc2c(c(O)c1C(F)(F)F)C(=O)O[C@@H](C)C/C=C\C(=O)[C@@H](O)[C@@H](O)CC=C2. The number of aromatic hydroxyl groups is 1. The zero-order valence-electron chi connectivity index (χ0n) is 16.1. The van der Waals surface area contributed by atoms with Crippen LogP contribution < -0.4 is 4.74 Å². The van der Waals surface area contributed by atoms with Gasteiger partial charge in [0, 0.05) is 6.42 Å². The Morgan fingerprint density at radius 1 is 1.13 bits per heavy atom. The standard InChI is InChI=1S/C20H21F3O7/c1-10-5-3-7-12(24)17(26)13(25)8-4-6-11-9-14(29-2)16(20(21,22)23)18(27)15(11)19(28)30-10/h3-4,6-7,9-10,13,17,25-27H,5,8H2,1-2H3/b6-4?,7-3-/t10-,13-,17+/m0/s1. The predicted molar refractivity (Wildman–Crippen MR) is 99.0 cm³/mol. The van der Waals surface area contributed by atoms with Crippen LogP contribution in [0.4, 0.5) is 13.2 Å². The first-order valence-electron chi connectivity index (χ1n) is 8.92. The lowest BCUT2D eigenvalue weighted by atomic mass is 9.98. The molecular weight excluding hydrogens is 409 g/mol. The second-order valence-corrected chi connectivity index (χ2v) is 6.67. The maximum atomic E-state index is 13.4. The molecule has 1 aromatic carbocycles. The summed E-state index contributed by atoms with van der Waals surface area (Å²) in [6, 6.07) is 0.903. The molecule has 1 aromatic rings. The van der Waals surface area contributed by atoms with E-state index in [0.29, 0.717) is 0 Å². The third kappa shape index (κ3) is 5.19. The summed E-state index contributed by atoms with van der Waals surface area (Å²) in [6.45, 7) is 1.44. The van der Waals surface area contributed by atoms with E-state index in [9.17, 15) is 38.1 Å². The number of ether oxygens (including phenoxy) is 2. The minimum absolute atomic E-state index is 0.00844. The van der Waals surface area contributed by atoms with E-state index in [1.54, 1.807) is 0 Å². The first-order chi connectivity index (χ1) is 14.0. The van der Waals surface area contributed by atoms with Crippen LogP contribution in [0, 0.1) is 0 Å². The number of phenolic OH excluding ortho intramolecular Hbond substituents is 1. The molecule has 0 bridgehead atoms. The van der Waals surface area contributed by atoms with Gasteiger partial charge in [-0.3, -0.25) is 4.79 Å². The van der Waals surface area contributed by atoms with E-state index in [1.807, 2.05) is 0 Å². The summed E-state index contributed by atoms with van der Waals surface area (Å²) in [7, 11) is 0.974. The number of cyclic esters (lactones) is 1. The van der Waals surface area contributed by atoms with Crippen LogP contribution in [0.3, 0.4) is 0 Å². The van der Waals surface area contributed by atoms with Crippen molar-refractivity contribution in [3.05, 3.63) is 41.0 Å². The topological polar surface area (TPSA) is 113 Å². The number of halogens is 3. The molecule has 0 amide bonds. The molecule has 0 spiro atoms. The number of aliphatic hydroxyl groups excluding tert-OH is 2. The van der Waals surface area contributed by atoms with Crippen LogP contribution in [-0.4, -0.2) is 52.5 Å². The fourth-order valence-electron chi connectivity index (χ4n) is 2.86. The third-order valence-corrected chi connectivity index (χ3v) is 4.39. The summed E-state index contributed by atoms with van der Waals surface area (Å²) in [5.74, 6) is -4.02. The van der Waals surface area contributed by atoms with E-state index in [4.69, 9.17) is 9.47 Å². The van der Waals surface area contributed by atoms with Crippen molar-refractivity contribution >= 4 is 17.8 Å². The number of hydrogen-bond acceptors (Lipinski definition) is 7. The van der Waals surface area contributed by atoms with Gasteiger partial charge in [0.15, 0.2) is 5.78 Å². The zero-order valence-corrected chi connectivity index (χ0v) is 16.1. The molecule has 1 heterocycles. The summed E-state index contributed by atoms with van der Waals surface area (Å²) in [5, 5.41) is 30.1. The molecule has 164 valence electrons. The quantitative estimate of drug-likeness (QED) is 0.587. The molecule has 10 heteroatoms. The fourth-order valence-corrected chi connectivity index (χ4v) is 2.86. The van der Waals surface area contributed by atoms with Crippen LogP contribution in [0.25, 0.3) is 6.08 Å². The lowest BCUT2D eigenvalue weighted by molar-refractivity contribution is -0.140. The highest BCUT2D eigenvalue weighted by Gasteiger charge is 2.41. The van der Waals surface area contributed by atoms with Gasteiger partial charge >= 0.3 is 12.1 Å². The number of ketones is 1. The zero-order chi connectivity index (χ0) is 22.6. The molecule has 7 nitrogen and oxygen atoms in total. The van der Waals surface area contributed by atoms with Crippen LogP contribution in [0.5, 0.6) is 11.5 Å². The minimum Gasteiger partial charge on any atom is -0.506 e. The van der Waals surface area contributed by atoms with E-state index in [1.165, 1.54) is 19.1 Å². The first kappa shape index (κ1) is 23.4. The molecule has 3 atom stereocenters. The summed E-state index contributed by atoms with van der Waals surface area (Å²) in [5.41, 5.74) is -2.41. The van der Waals surface area contributed by atoms with Gasteiger partial charge in [0.25, 0.3) is 0 Å². The summed E-state index contributed by atoms with van der Waals surface area (Å²) >= 11 is 0. The van der Waals surface area contributed by atoms with E-state index >= 15 is 0 Å². The predicted octanol–water partition coefficient (Wildman–Crippen LogP) is 2.62. The van der Waals surface area contributed by atoms with Gasteiger partial charge in [-0.05, 0) is 31.1 Å². The molecule has 0 fully saturated rings. The molecule has 0 aliphatic carbocycles. The number of carbonyl (C=O) groups excluding carboxylic acids is 2. The van der Waals surface area contributed by atoms with Crippen LogP contribution >= 0.6 is 0 Å². The second kappa shape index (κ2) is 9.31. The van der Waals surface area contributed by atoms with E-state index in [0.717, 1.165) is 25.3 Å². The van der Waals surface area contributed by atoms with Crippen molar-refractivity contribution in [3.63, 3.8) is 0 Å². The Morgan fingerprint density at radius 2 is 1.77 bits per heavy atom. The molecule has 0 saturated heterocycles. The van der Waals surface area contributed by atoms with Crippen molar-refractivity contribution in [1.82, 2.24) is 0 Å². The Morgan fingerprint density at radius 3 is 2.37 bits per heavy atom. The highest BCUT2D eigenvalue weighted by molar-refractivity contribution is 5.98. The Kier molecular flexibility index (Phi) is 7.27. The number of methoxy groups -OCH3 is 1. The summed E-state index contributed by atoms with van der Waals surface area (Å²) in [6.07, 6.45) is -4.60. The van der Waals surface area contributed by atoms with Crippen LogP contribution in [0.15, 0.2) is 24.3 Å². The van der Waals surface area contributed by atoms with E-state index in [-0.39, 0.29) is 18.4 Å². The van der Waals surface area contributed by atoms with Crippen molar-refractivity contribution in [2.24, 2.45) is 0 Å². The molecule has 0 saturated carbocycles. The van der Waals surface area contributed by atoms with Gasteiger partial charge in [0.2, 0.25) is 0 Å². The largest absolute Gasteiger partial charge is 0.506 e. The number of esters is 1. The molecule has 2 rings (SSSR count). The van der Waals surface area contributed by atoms with Crippen molar-refractivity contribution in [1.29, 1.82) is 0 Å². The maximum absolute atomic E-state index is 13.4. The van der Waals surface area contributed by atoms with Gasteiger partial charge < -0.3 is 24.8 Å². The monoisotopic (exact) mass is 430 g/mol. The normalized spacial score (nSPS) is 24.6. The Hall–Kier alpha value is -2.85. The van der Waals surface area contributed by atoms with Crippen molar-refractivity contribution < 1.29 is 47.6 Å². The average molecular weight is 430 g/mol. The summed E-state index contributed by atoms with van der Waals surface area (Å²) in [4.78, 5) is 24.4. The van der Waals surface area contributed by atoms with Gasteiger partial charge in [-0.1, -0.05) is 18.2 Å². The van der Waals surface area contributed by atoms with Crippen molar-refractivity contribution in [2.45, 2.75) is 44.3 Å². The van der Waals surface area contributed by atoms with Gasteiger partial charge in [-0.25, -0.2) is 4.79 Å². The molecule has 0 radical (unpaired) electrons. The van der Waals surface area contributed by atoms with Gasteiger partial charge in [0.05, 0.1) is 13.2 Å². The number of benzene rings is 1. The third-order valence-electron chi connectivity index (χ3n) is 4.39. The Balaban J connectivity index is 2.64. The lowest BCUT2D eigenvalue weighted by Gasteiger charge is -2.20. The number of hydrogen-bond donors (Lipinski definition) is 3. The smallest absolute Gasteiger partial charge is 0.423 e. The van der Waals surface area contributed by atoms with Gasteiger partial charge in [-0.15, -0.1) is 0 Å². The number of phenols is 1. The number of aliphatic hydroxyl groups is 2. The van der Waals surface area contributed by atoms with E-state index < -0.39 is 58.9 Å². The second-order valence-electron chi connectivity index (χ2n) is 6.67. The van der Waals surface area contributed by atoms with Gasteiger partial charge in [0.1, 0.15) is 34.8 Å².